The van der Waals surface area contributed by atoms with E-state index in [9.17, 15) is 29.0 Å². The monoisotopic (exact) mass is 499 g/mol. The van der Waals surface area contributed by atoms with E-state index in [0.29, 0.717) is 43.2 Å². The molecule has 0 aromatic heterocycles. The number of ether oxygens (including phenoxy) is 2. The quantitative estimate of drug-likeness (QED) is 0.389. The number of carbonyl (C=O) groups excluding carboxylic acids is 3. The second kappa shape index (κ2) is 9.58. The lowest BCUT2D eigenvalue weighted by atomic mass is 10.0. The van der Waals surface area contributed by atoms with Gasteiger partial charge in [-0.1, -0.05) is 18.2 Å². The lowest BCUT2D eigenvalue weighted by Crippen LogP contribution is -2.52. The van der Waals surface area contributed by atoms with Crippen LogP contribution in [0, 0.1) is 5.82 Å². The molecule has 2 aromatic rings. The molecule has 2 saturated heterocycles. The van der Waals surface area contributed by atoms with Crippen LogP contribution in [0.2, 0.25) is 0 Å². The van der Waals surface area contributed by atoms with Crippen LogP contribution in [0.25, 0.3) is 0 Å². The van der Waals surface area contributed by atoms with E-state index in [0.717, 1.165) is 6.07 Å². The molecule has 1 atom stereocenters. The van der Waals surface area contributed by atoms with Crippen molar-refractivity contribution in [3.05, 3.63) is 64.5 Å². The fourth-order valence-electron chi connectivity index (χ4n) is 4.78. The molecule has 190 valence electrons. The molecule has 1 unspecified atom stereocenters. The average Bonchev–Trinajstić information content (AvgIpc) is 3.20. The molecule has 11 heteroatoms. The van der Waals surface area contributed by atoms with E-state index in [2.05, 4.69) is 5.32 Å². The largest absolute Gasteiger partial charge is 0.488 e. The van der Waals surface area contributed by atoms with E-state index < -0.39 is 23.7 Å². The first kappa shape index (κ1) is 24.3. The molecule has 0 saturated carbocycles. The number of halogens is 1. The molecule has 5 rings (SSSR count). The Morgan fingerprint density at radius 1 is 1.14 bits per heavy atom. The number of benzene rings is 2. The molecule has 3 aliphatic rings. The van der Waals surface area contributed by atoms with Gasteiger partial charge in [0.1, 0.15) is 24.2 Å². The third-order valence-electron chi connectivity index (χ3n) is 6.81. The summed E-state index contributed by atoms with van der Waals surface area (Å²) < 4.78 is 26.0. The number of piperidine rings is 1. The molecule has 0 bridgehead atoms. The second-order valence-corrected chi connectivity index (χ2v) is 9.01. The number of carbonyl (C=O) groups is 3. The highest BCUT2D eigenvalue weighted by molar-refractivity contribution is 6.05. The Bertz CT molecular complexity index is 1210. The van der Waals surface area contributed by atoms with Crippen LogP contribution in [0.1, 0.15) is 39.9 Å². The number of morpholine rings is 1. The lowest BCUT2D eigenvalue weighted by Gasteiger charge is -2.37. The lowest BCUT2D eigenvalue weighted by molar-refractivity contribution is -0.287. The number of nitrogens with zero attached hydrogens (tertiary/aromatic N) is 2. The molecular weight excluding hydrogens is 473 g/mol. The van der Waals surface area contributed by atoms with Crippen molar-refractivity contribution in [2.24, 2.45) is 0 Å². The van der Waals surface area contributed by atoms with Crippen LogP contribution in [0.5, 0.6) is 5.75 Å². The number of hydrogen-bond donors (Lipinski definition) is 3. The number of imide groups is 1. The van der Waals surface area contributed by atoms with E-state index in [1.807, 2.05) is 0 Å². The number of hydrogen-bond acceptors (Lipinski definition) is 8. The van der Waals surface area contributed by atoms with E-state index in [1.54, 1.807) is 18.2 Å². The first-order chi connectivity index (χ1) is 17.3. The van der Waals surface area contributed by atoms with Crippen molar-refractivity contribution in [2.45, 2.75) is 37.9 Å². The average molecular weight is 499 g/mol. The summed E-state index contributed by atoms with van der Waals surface area (Å²) in [5.74, 6) is -3.80. The van der Waals surface area contributed by atoms with Crippen LogP contribution in [0.3, 0.4) is 0 Å². The number of fused-ring (bicyclic) bond motifs is 1. The molecule has 2 aromatic carbocycles. The summed E-state index contributed by atoms with van der Waals surface area (Å²) in [6.07, 6.45) is 0.406. The zero-order chi connectivity index (χ0) is 25.4. The highest BCUT2D eigenvalue weighted by atomic mass is 19.1. The van der Waals surface area contributed by atoms with Gasteiger partial charge < -0.3 is 24.6 Å². The summed E-state index contributed by atoms with van der Waals surface area (Å²) in [6, 6.07) is 8.13. The predicted octanol–water partition coefficient (Wildman–Crippen LogP) is 0.593. The Labute approximate surface area is 206 Å². The Morgan fingerprint density at radius 2 is 1.92 bits per heavy atom. The van der Waals surface area contributed by atoms with Crippen LogP contribution in [0.4, 0.5) is 4.39 Å². The fraction of sp³-hybridized carbons (Fsp3) is 0.400. The molecule has 0 aliphatic carbocycles. The molecule has 0 radical (unpaired) electrons. The zero-order valence-electron chi connectivity index (χ0n) is 19.4. The van der Waals surface area contributed by atoms with Gasteiger partial charge >= 0.3 is 0 Å². The number of rotatable bonds is 6. The van der Waals surface area contributed by atoms with Crippen molar-refractivity contribution in [3.63, 3.8) is 0 Å². The summed E-state index contributed by atoms with van der Waals surface area (Å²) in [5.41, 5.74) is 1.17. The minimum atomic E-state index is -2.33. The number of nitrogens with one attached hydrogen (secondary N) is 1. The summed E-state index contributed by atoms with van der Waals surface area (Å²) >= 11 is 0. The van der Waals surface area contributed by atoms with Gasteiger partial charge in [-0.05, 0) is 24.6 Å². The maximum Gasteiger partial charge on any atom is 0.255 e. The highest BCUT2D eigenvalue weighted by Crippen LogP contribution is 2.34. The molecule has 2 fully saturated rings. The third-order valence-corrected chi connectivity index (χ3v) is 6.81. The van der Waals surface area contributed by atoms with E-state index >= 15 is 0 Å². The normalized spacial score (nSPS) is 20.9. The second-order valence-electron chi connectivity index (χ2n) is 9.01. The number of amides is 3. The molecule has 36 heavy (non-hydrogen) atoms. The van der Waals surface area contributed by atoms with Gasteiger partial charge in [-0.15, -0.1) is 0 Å². The van der Waals surface area contributed by atoms with Gasteiger partial charge in [0.05, 0.1) is 19.8 Å². The molecule has 3 aliphatic heterocycles. The minimum absolute atomic E-state index is 0.00303. The van der Waals surface area contributed by atoms with Crippen LogP contribution in [-0.2, 0) is 33.4 Å². The maximum absolute atomic E-state index is 14.9. The smallest absolute Gasteiger partial charge is 0.255 e. The standard InChI is InChI=1S/C25H26FN3O7/c26-19-12-16(25(33,34)28-8-10-35-11-9-28)5-4-15(19)14-36-21-3-1-2-17-18(21)13-29(24(17)32)20-6-7-22(30)27-23(20)31/h1-5,12,20,33-34H,6-11,13-14H2,(H,27,30,31). The minimum Gasteiger partial charge on any atom is -0.488 e. The van der Waals surface area contributed by atoms with Crippen LogP contribution in [-0.4, -0.2) is 70.1 Å². The summed E-state index contributed by atoms with van der Waals surface area (Å²) in [4.78, 5) is 39.5. The van der Waals surface area contributed by atoms with Gasteiger partial charge in [0.2, 0.25) is 11.8 Å². The Kier molecular flexibility index (Phi) is 6.47. The van der Waals surface area contributed by atoms with Crippen LogP contribution in [0.15, 0.2) is 36.4 Å². The summed E-state index contributed by atoms with van der Waals surface area (Å²) in [5, 5.41) is 23.4. The van der Waals surface area contributed by atoms with E-state index in [1.165, 1.54) is 21.9 Å². The maximum atomic E-state index is 14.9. The van der Waals surface area contributed by atoms with Gasteiger partial charge in [-0.3, -0.25) is 19.7 Å². The first-order valence-corrected chi connectivity index (χ1v) is 11.7. The molecule has 3 heterocycles. The van der Waals surface area contributed by atoms with Crippen molar-refractivity contribution >= 4 is 17.7 Å². The third kappa shape index (κ3) is 4.46. The Morgan fingerprint density at radius 3 is 2.64 bits per heavy atom. The molecule has 3 N–H and O–H groups in total. The predicted molar refractivity (Wildman–Crippen MR) is 122 cm³/mol. The molecule has 0 spiro atoms. The van der Waals surface area contributed by atoms with Gasteiger partial charge in [-0.2, -0.15) is 0 Å². The van der Waals surface area contributed by atoms with Crippen molar-refractivity contribution in [1.29, 1.82) is 0 Å². The van der Waals surface area contributed by atoms with E-state index in [4.69, 9.17) is 9.47 Å². The Hall–Kier alpha value is -3.38. The topological polar surface area (TPSA) is 129 Å². The molecule has 10 nitrogen and oxygen atoms in total. The first-order valence-electron chi connectivity index (χ1n) is 11.7. The fourth-order valence-corrected chi connectivity index (χ4v) is 4.78. The number of aliphatic hydroxyl groups is 2. The molecular formula is C25H26FN3O7. The molecule has 3 amide bonds. The Balaban J connectivity index is 1.30. The summed E-state index contributed by atoms with van der Waals surface area (Å²) in [6.45, 7) is 1.27. The van der Waals surface area contributed by atoms with Gasteiger partial charge in [0.15, 0.2) is 0 Å². The van der Waals surface area contributed by atoms with Crippen LogP contribution < -0.4 is 10.1 Å². The van der Waals surface area contributed by atoms with Crippen LogP contribution >= 0.6 is 0 Å². The van der Waals surface area contributed by atoms with E-state index in [-0.39, 0.29) is 48.9 Å². The van der Waals surface area contributed by atoms with Crippen molar-refractivity contribution in [1.82, 2.24) is 15.1 Å². The SMILES string of the molecule is O=C1CCC(N2Cc3c(OCc4ccc(C(O)(O)N5CCOCC5)cc4F)cccc3C2=O)C(=O)N1. The van der Waals surface area contributed by atoms with Crippen molar-refractivity contribution in [3.8, 4) is 5.75 Å². The highest BCUT2D eigenvalue weighted by Gasteiger charge is 2.40. The zero-order valence-corrected chi connectivity index (χ0v) is 19.4. The van der Waals surface area contributed by atoms with Gasteiger partial charge in [-0.25, -0.2) is 9.29 Å². The van der Waals surface area contributed by atoms with Gasteiger partial charge in [0.25, 0.3) is 11.8 Å². The van der Waals surface area contributed by atoms with Crippen molar-refractivity contribution < 1.29 is 38.5 Å². The summed E-state index contributed by atoms with van der Waals surface area (Å²) in [7, 11) is 0. The van der Waals surface area contributed by atoms with Gasteiger partial charge in [0, 0.05) is 41.8 Å². The van der Waals surface area contributed by atoms with Crippen molar-refractivity contribution in [2.75, 3.05) is 26.3 Å².